The Morgan fingerprint density at radius 2 is 2.19 bits per heavy atom. The predicted octanol–water partition coefficient (Wildman–Crippen LogP) is 0.302. The number of likely N-dealkylation sites (N-methyl/N-ethyl adjacent to an activating group) is 1. The van der Waals surface area contributed by atoms with Gasteiger partial charge in [0.2, 0.25) is 0 Å². The number of nitrogens with zero attached hydrogens (tertiary/aromatic N) is 2. The van der Waals surface area contributed by atoms with Gasteiger partial charge in [0.25, 0.3) is 0 Å². The molecule has 16 heavy (non-hydrogen) atoms. The monoisotopic (exact) mass is 244 g/mol. The quantitative estimate of drug-likeness (QED) is 0.825. The Hall–Kier alpha value is -1.14. The van der Waals surface area contributed by atoms with E-state index in [1.165, 1.54) is 12.3 Å². The van der Waals surface area contributed by atoms with E-state index in [9.17, 15) is 13.5 Å². The van der Waals surface area contributed by atoms with Crippen molar-refractivity contribution in [2.75, 3.05) is 24.7 Å². The van der Waals surface area contributed by atoms with Crippen LogP contribution < -0.4 is 4.90 Å². The minimum atomic E-state index is -3.30. The molecule has 0 spiro atoms. The second kappa shape index (κ2) is 4.80. The van der Waals surface area contributed by atoms with Gasteiger partial charge >= 0.3 is 0 Å². The molecule has 1 aromatic heterocycles. The van der Waals surface area contributed by atoms with Crippen LogP contribution in [0.25, 0.3) is 0 Å². The zero-order chi connectivity index (χ0) is 12.3. The molecule has 0 radical (unpaired) electrons. The van der Waals surface area contributed by atoms with E-state index in [1.54, 1.807) is 24.9 Å². The highest BCUT2D eigenvalue weighted by molar-refractivity contribution is 7.90. The molecule has 0 aromatic carbocycles. The van der Waals surface area contributed by atoms with Gasteiger partial charge in [-0.05, 0) is 19.1 Å². The smallest absolute Gasteiger partial charge is 0.179 e. The number of aliphatic hydroxyl groups is 1. The number of aromatic nitrogens is 1. The van der Waals surface area contributed by atoms with Crippen molar-refractivity contribution < 1.29 is 13.5 Å². The summed E-state index contributed by atoms with van der Waals surface area (Å²) in [6.45, 7) is 1.97. The lowest BCUT2D eigenvalue weighted by atomic mass is 10.3. The molecule has 0 bridgehead atoms. The molecular formula is C10H16N2O3S. The first-order chi connectivity index (χ1) is 7.32. The van der Waals surface area contributed by atoms with Crippen molar-refractivity contribution in [2.24, 2.45) is 0 Å². The summed E-state index contributed by atoms with van der Waals surface area (Å²) in [5, 5.41) is 9.26. The lowest BCUT2D eigenvalue weighted by Gasteiger charge is -2.21. The van der Waals surface area contributed by atoms with E-state index in [0.29, 0.717) is 12.4 Å². The molecule has 1 rings (SSSR count). The van der Waals surface area contributed by atoms with Crippen molar-refractivity contribution >= 4 is 15.7 Å². The predicted molar refractivity (Wildman–Crippen MR) is 62.3 cm³/mol. The van der Waals surface area contributed by atoms with Crippen molar-refractivity contribution in [1.82, 2.24) is 4.98 Å². The van der Waals surface area contributed by atoms with Crippen molar-refractivity contribution in [3.63, 3.8) is 0 Å². The molecule has 0 amide bonds. The van der Waals surface area contributed by atoms with Gasteiger partial charge in [-0.3, -0.25) is 0 Å². The molecule has 5 nitrogen and oxygen atoms in total. The summed E-state index contributed by atoms with van der Waals surface area (Å²) in [5.74, 6) is 0.367. The Labute approximate surface area is 95.7 Å². The highest BCUT2D eigenvalue weighted by atomic mass is 32.2. The van der Waals surface area contributed by atoms with Gasteiger partial charge in [-0.15, -0.1) is 0 Å². The van der Waals surface area contributed by atoms with E-state index in [-0.39, 0.29) is 4.90 Å². The zero-order valence-electron chi connectivity index (χ0n) is 9.58. The molecule has 90 valence electrons. The van der Waals surface area contributed by atoms with Crippen LogP contribution >= 0.6 is 0 Å². The Bertz CT molecular complexity index is 457. The number of pyridine rings is 1. The van der Waals surface area contributed by atoms with Crippen LogP contribution in [0.5, 0.6) is 0 Å². The fraction of sp³-hybridized carbons (Fsp3) is 0.500. The topological polar surface area (TPSA) is 70.5 Å². The number of rotatable bonds is 4. The van der Waals surface area contributed by atoms with Gasteiger partial charge in [-0.2, -0.15) is 0 Å². The van der Waals surface area contributed by atoms with Gasteiger partial charge in [0.05, 0.1) is 6.10 Å². The van der Waals surface area contributed by atoms with Gasteiger partial charge in [-0.1, -0.05) is 0 Å². The van der Waals surface area contributed by atoms with Crippen LogP contribution in [0.3, 0.4) is 0 Å². The summed E-state index contributed by atoms with van der Waals surface area (Å²) in [6, 6.07) is 3.09. The summed E-state index contributed by atoms with van der Waals surface area (Å²) >= 11 is 0. The van der Waals surface area contributed by atoms with Gasteiger partial charge in [0, 0.05) is 26.0 Å². The third-order valence-corrected chi connectivity index (χ3v) is 3.17. The van der Waals surface area contributed by atoms with Crippen LogP contribution in [0, 0.1) is 0 Å². The number of sulfone groups is 1. The van der Waals surface area contributed by atoms with Crippen LogP contribution in [-0.2, 0) is 9.84 Å². The number of anilines is 1. The summed E-state index contributed by atoms with van der Waals surface area (Å²) in [7, 11) is -1.60. The fourth-order valence-corrected chi connectivity index (χ4v) is 2.31. The standard InChI is InChI=1S/C10H16N2O3S/c1-8(13)7-12(2)10-9(16(3,14)15)5-4-6-11-10/h4-6,8,13H,7H2,1-3H3. The molecule has 1 aromatic rings. The maximum atomic E-state index is 11.5. The molecule has 0 aliphatic heterocycles. The Kier molecular flexibility index (Phi) is 3.88. The van der Waals surface area contributed by atoms with Gasteiger partial charge in [0.1, 0.15) is 10.7 Å². The average Bonchev–Trinajstić information content (AvgIpc) is 2.15. The van der Waals surface area contributed by atoms with Crippen molar-refractivity contribution in [3.05, 3.63) is 18.3 Å². The molecule has 6 heteroatoms. The first-order valence-electron chi connectivity index (χ1n) is 4.86. The van der Waals surface area contributed by atoms with Gasteiger partial charge in [0.15, 0.2) is 9.84 Å². The lowest BCUT2D eigenvalue weighted by molar-refractivity contribution is 0.201. The molecule has 0 aliphatic rings. The average molecular weight is 244 g/mol. The van der Waals surface area contributed by atoms with Crippen molar-refractivity contribution in [1.29, 1.82) is 0 Å². The Morgan fingerprint density at radius 1 is 1.56 bits per heavy atom. The molecule has 1 heterocycles. The molecule has 0 saturated carbocycles. The highest BCUT2D eigenvalue weighted by Crippen LogP contribution is 2.20. The summed E-state index contributed by atoms with van der Waals surface area (Å²) in [5.41, 5.74) is 0. The third kappa shape index (κ3) is 3.18. The van der Waals surface area contributed by atoms with Crippen LogP contribution in [-0.4, -0.2) is 44.5 Å². The van der Waals surface area contributed by atoms with Crippen LogP contribution in [0.4, 0.5) is 5.82 Å². The number of aliphatic hydroxyl groups excluding tert-OH is 1. The minimum absolute atomic E-state index is 0.179. The highest BCUT2D eigenvalue weighted by Gasteiger charge is 2.17. The molecule has 1 N–H and O–H groups in total. The van der Waals surface area contributed by atoms with Gasteiger partial charge < -0.3 is 10.0 Å². The molecule has 0 aliphatic carbocycles. The second-order valence-corrected chi connectivity index (χ2v) is 5.81. The molecule has 0 fully saturated rings. The van der Waals surface area contributed by atoms with E-state index in [4.69, 9.17) is 0 Å². The number of hydrogen-bond donors (Lipinski definition) is 1. The maximum absolute atomic E-state index is 11.5. The van der Waals surface area contributed by atoms with E-state index < -0.39 is 15.9 Å². The normalized spacial score (nSPS) is 13.5. The molecule has 1 unspecified atom stereocenters. The molecule has 1 atom stereocenters. The Balaban J connectivity index is 3.14. The van der Waals surface area contributed by atoms with Crippen molar-refractivity contribution in [2.45, 2.75) is 17.9 Å². The van der Waals surface area contributed by atoms with Crippen LogP contribution in [0.2, 0.25) is 0 Å². The van der Waals surface area contributed by atoms with E-state index in [0.717, 1.165) is 6.26 Å². The van der Waals surface area contributed by atoms with E-state index in [1.807, 2.05) is 0 Å². The van der Waals surface area contributed by atoms with Crippen LogP contribution in [0.1, 0.15) is 6.92 Å². The van der Waals surface area contributed by atoms with Gasteiger partial charge in [-0.25, -0.2) is 13.4 Å². The minimum Gasteiger partial charge on any atom is -0.392 e. The maximum Gasteiger partial charge on any atom is 0.179 e. The lowest BCUT2D eigenvalue weighted by Crippen LogP contribution is -2.28. The SMILES string of the molecule is CC(O)CN(C)c1ncccc1S(C)(=O)=O. The third-order valence-electron chi connectivity index (χ3n) is 2.05. The van der Waals surface area contributed by atoms with Crippen LogP contribution in [0.15, 0.2) is 23.2 Å². The molecule has 0 saturated heterocycles. The van der Waals surface area contributed by atoms with E-state index in [2.05, 4.69) is 4.98 Å². The largest absolute Gasteiger partial charge is 0.392 e. The first-order valence-corrected chi connectivity index (χ1v) is 6.76. The molecular weight excluding hydrogens is 228 g/mol. The second-order valence-electron chi connectivity index (χ2n) is 3.83. The summed E-state index contributed by atoms with van der Waals surface area (Å²) in [4.78, 5) is 5.84. The first kappa shape index (κ1) is 12.9. The zero-order valence-corrected chi connectivity index (χ0v) is 10.4. The van der Waals surface area contributed by atoms with Crippen molar-refractivity contribution in [3.8, 4) is 0 Å². The summed E-state index contributed by atoms with van der Waals surface area (Å²) < 4.78 is 23.0. The summed E-state index contributed by atoms with van der Waals surface area (Å²) in [6.07, 6.45) is 2.13. The fourth-order valence-electron chi connectivity index (χ4n) is 1.44. The number of hydrogen-bond acceptors (Lipinski definition) is 5. The van der Waals surface area contributed by atoms with E-state index >= 15 is 0 Å². The Morgan fingerprint density at radius 3 is 2.69 bits per heavy atom.